The average molecular weight is 420 g/mol. The molecule has 1 aliphatic rings. The van der Waals surface area contributed by atoms with Gasteiger partial charge in [-0.15, -0.1) is 0 Å². The maximum Gasteiger partial charge on any atom is 0.307 e. The van der Waals surface area contributed by atoms with Crippen molar-refractivity contribution in [3.63, 3.8) is 0 Å². The molecule has 1 aliphatic heterocycles. The molecule has 0 N–H and O–H groups in total. The quantitative estimate of drug-likeness (QED) is 0.499. The molecular formula is C25H29N3O3. The van der Waals surface area contributed by atoms with Crippen LogP contribution in [0, 0.1) is 0 Å². The second-order valence-electron chi connectivity index (χ2n) is 7.93. The molecule has 1 saturated heterocycles. The molecular weight excluding hydrogens is 390 g/mol. The predicted molar refractivity (Wildman–Crippen MR) is 117 cm³/mol. The van der Waals surface area contributed by atoms with E-state index >= 15 is 0 Å². The first kappa shape index (κ1) is 21.2. The molecule has 0 saturated carbocycles. The number of piperidine rings is 1. The maximum atomic E-state index is 12.0. The molecule has 2 heterocycles. The van der Waals surface area contributed by atoms with E-state index in [0.29, 0.717) is 31.3 Å². The van der Waals surface area contributed by atoms with E-state index in [0.717, 1.165) is 36.9 Å². The summed E-state index contributed by atoms with van der Waals surface area (Å²) in [5.74, 6) is 1.02. The molecule has 0 bridgehead atoms. The Bertz CT molecular complexity index is 919. The van der Waals surface area contributed by atoms with Gasteiger partial charge in [-0.1, -0.05) is 72.2 Å². The lowest BCUT2D eigenvalue weighted by Crippen LogP contribution is -2.40. The van der Waals surface area contributed by atoms with Crippen LogP contribution in [-0.2, 0) is 16.1 Å². The van der Waals surface area contributed by atoms with Crippen molar-refractivity contribution in [2.45, 2.75) is 51.1 Å². The van der Waals surface area contributed by atoms with Crippen LogP contribution >= 0.6 is 0 Å². The molecule has 3 aromatic rings. The van der Waals surface area contributed by atoms with Gasteiger partial charge >= 0.3 is 5.97 Å². The van der Waals surface area contributed by atoms with Gasteiger partial charge in [-0.3, -0.25) is 9.69 Å². The van der Waals surface area contributed by atoms with E-state index in [2.05, 4.69) is 34.3 Å². The van der Waals surface area contributed by atoms with Crippen molar-refractivity contribution in [2.75, 3.05) is 13.2 Å². The number of esters is 1. The Labute approximate surface area is 183 Å². The number of ether oxygens (including phenoxy) is 1. The number of rotatable bonds is 8. The van der Waals surface area contributed by atoms with E-state index in [1.165, 1.54) is 0 Å². The molecule has 4 rings (SSSR count). The maximum absolute atomic E-state index is 12.0. The van der Waals surface area contributed by atoms with Gasteiger partial charge in [0.05, 0.1) is 25.5 Å². The van der Waals surface area contributed by atoms with Gasteiger partial charge in [0, 0.05) is 6.04 Å². The van der Waals surface area contributed by atoms with Crippen molar-refractivity contribution in [1.82, 2.24) is 15.0 Å². The third-order valence-electron chi connectivity index (χ3n) is 5.80. The van der Waals surface area contributed by atoms with E-state index in [-0.39, 0.29) is 17.9 Å². The van der Waals surface area contributed by atoms with Crippen molar-refractivity contribution in [1.29, 1.82) is 0 Å². The molecule has 0 spiro atoms. The Kier molecular flexibility index (Phi) is 7.10. The standard InChI is InChI=1S/C25H29N3O3/c1-2-30-23(29)17-21-15-9-10-16-28(21)18-22-26-25(27-31-22)24(19-11-5-3-6-12-19)20-13-7-4-8-14-20/h3-8,11-14,21,24H,2,9-10,15-18H2,1H3/t21-/m1/s1. The lowest BCUT2D eigenvalue weighted by Gasteiger charge is -2.34. The Morgan fingerprint density at radius 3 is 2.42 bits per heavy atom. The van der Waals surface area contributed by atoms with E-state index < -0.39 is 0 Å². The summed E-state index contributed by atoms with van der Waals surface area (Å²) in [6.45, 7) is 3.72. The molecule has 31 heavy (non-hydrogen) atoms. The number of aromatic nitrogens is 2. The predicted octanol–water partition coefficient (Wildman–Crippen LogP) is 4.56. The molecule has 0 unspecified atom stereocenters. The molecule has 162 valence electrons. The van der Waals surface area contributed by atoms with Crippen LogP contribution in [-0.4, -0.2) is 40.2 Å². The summed E-state index contributed by atoms with van der Waals surface area (Å²) in [6.07, 6.45) is 3.62. The Morgan fingerprint density at radius 1 is 1.10 bits per heavy atom. The topological polar surface area (TPSA) is 68.5 Å². The third-order valence-corrected chi connectivity index (χ3v) is 5.80. The fraction of sp³-hybridized carbons (Fsp3) is 0.400. The highest BCUT2D eigenvalue weighted by atomic mass is 16.5. The number of hydrogen-bond acceptors (Lipinski definition) is 6. The van der Waals surface area contributed by atoms with Gasteiger partial charge in [0.15, 0.2) is 5.82 Å². The van der Waals surface area contributed by atoms with Gasteiger partial charge in [-0.05, 0) is 37.4 Å². The fourth-order valence-corrected chi connectivity index (χ4v) is 4.32. The lowest BCUT2D eigenvalue weighted by molar-refractivity contribution is -0.145. The zero-order valence-corrected chi connectivity index (χ0v) is 17.9. The first-order valence-electron chi connectivity index (χ1n) is 11.1. The van der Waals surface area contributed by atoms with Gasteiger partial charge in [0.25, 0.3) is 0 Å². The van der Waals surface area contributed by atoms with Crippen LogP contribution in [0.1, 0.15) is 61.4 Å². The number of likely N-dealkylation sites (tertiary alicyclic amines) is 1. The van der Waals surface area contributed by atoms with Gasteiger partial charge in [-0.2, -0.15) is 4.98 Å². The average Bonchev–Trinajstić information content (AvgIpc) is 3.25. The Balaban J connectivity index is 1.53. The lowest BCUT2D eigenvalue weighted by atomic mass is 9.91. The highest BCUT2D eigenvalue weighted by Gasteiger charge is 2.28. The summed E-state index contributed by atoms with van der Waals surface area (Å²) in [7, 11) is 0. The van der Waals surface area contributed by atoms with E-state index in [4.69, 9.17) is 14.2 Å². The van der Waals surface area contributed by atoms with Gasteiger partial charge in [-0.25, -0.2) is 0 Å². The normalized spacial score (nSPS) is 17.0. The van der Waals surface area contributed by atoms with E-state index in [1.807, 2.05) is 43.3 Å². The molecule has 1 aromatic heterocycles. The molecule has 1 fully saturated rings. The van der Waals surface area contributed by atoms with Crippen LogP contribution in [0.5, 0.6) is 0 Å². The Hall–Kier alpha value is -2.99. The summed E-state index contributed by atoms with van der Waals surface area (Å²) in [4.78, 5) is 19.1. The second-order valence-corrected chi connectivity index (χ2v) is 7.93. The van der Waals surface area contributed by atoms with Crippen molar-refractivity contribution in [3.05, 3.63) is 83.5 Å². The largest absolute Gasteiger partial charge is 0.466 e. The monoisotopic (exact) mass is 419 g/mol. The van der Waals surface area contributed by atoms with Crippen LogP contribution in [0.3, 0.4) is 0 Å². The number of carbonyl (C=O) groups is 1. The molecule has 6 nitrogen and oxygen atoms in total. The second kappa shape index (κ2) is 10.4. The minimum Gasteiger partial charge on any atom is -0.466 e. The SMILES string of the molecule is CCOC(=O)C[C@H]1CCCCN1Cc1nc(C(c2ccccc2)c2ccccc2)no1. The first-order valence-corrected chi connectivity index (χ1v) is 11.1. The highest BCUT2D eigenvalue weighted by molar-refractivity contribution is 5.70. The van der Waals surface area contributed by atoms with Crippen molar-refractivity contribution in [2.24, 2.45) is 0 Å². The fourth-order valence-electron chi connectivity index (χ4n) is 4.32. The minimum absolute atomic E-state index is 0.0865. The molecule has 0 radical (unpaired) electrons. The number of nitrogens with zero attached hydrogens (tertiary/aromatic N) is 3. The number of hydrogen-bond donors (Lipinski definition) is 0. The molecule has 2 aromatic carbocycles. The van der Waals surface area contributed by atoms with Gasteiger partial charge < -0.3 is 9.26 Å². The van der Waals surface area contributed by atoms with Crippen molar-refractivity contribution < 1.29 is 14.1 Å². The van der Waals surface area contributed by atoms with Gasteiger partial charge in [0.1, 0.15) is 0 Å². The van der Waals surface area contributed by atoms with Crippen LogP contribution in [0.4, 0.5) is 0 Å². The zero-order chi connectivity index (χ0) is 21.5. The van der Waals surface area contributed by atoms with Gasteiger partial charge in [0.2, 0.25) is 5.89 Å². The summed E-state index contributed by atoms with van der Waals surface area (Å²) < 4.78 is 10.8. The zero-order valence-electron chi connectivity index (χ0n) is 17.9. The minimum atomic E-state index is -0.140. The molecule has 0 aliphatic carbocycles. The summed E-state index contributed by atoms with van der Waals surface area (Å²) in [5, 5.41) is 4.35. The number of benzene rings is 2. The summed E-state index contributed by atoms with van der Waals surface area (Å²) in [6, 6.07) is 20.6. The van der Waals surface area contributed by atoms with Crippen LogP contribution in [0.15, 0.2) is 65.2 Å². The van der Waals surface area contributed by atoms with E-state index in [9.17, 15) is 4.79 Å². The molecule has 6 heteroatoms. The highest BCUT2D eigenvalue weighted by Crippen LogP contribution is 2.30. The van der Waals surface area contributed by atoms with Crippen molar-refractivity contribution >= 4 is 5.97 Å². The van der Waals surface area contributed by atoms with Crippen LogP contribution in [0.2, 0.25) is 0 Å². The Morgan fingerprint density at radius 2 is 1.77 bits per heavy atom. The summed E-state index contributed by atoms with van der Waals surface area (Å²) >= 11 is 0. The smallest absolute Gasteiger partial charge is 0.307 e. The van der Waals surface area contributed by atoms with E-state index in [1.54, 1.807) is 0 Å². The first-order chi connectivity index (χ1) is 15.2. The van der Waals surface area contributed by atoms with Crippen LogP contribution in [0.25, 0.3) is 0 Å². The summed E-state index contributed by atoms with van der Waals surface area (Å²) in [5.41, 5.74) is 2.25. The van der Waals surface area contributed by atoms with Crippen LogP contribution < -0.4 is 0 Å². The van der Waals surface area contributed by atoms with Crippen molar-refractivity contribution in [3.8, 4) is 0 Å². The third kappa shape index (κ3) is 5.39. The molecule has 1 atom stereocenters. The molecule has 0 amide bonds. The number of carbonyl (C=O) groups excluding carboxylic acids is 1.